The molecule has 0 bridgehead atoms. The number of piperidine rings is 1. The molecule has 158 valence electrons. The van der Waals surface area contributed by atoms with E-state index in [4.69, 9.17) is 9.47 Å². The molecule has 0 saturated carbocycles. The third-order valence-electron chi connectivity index (χ3n) is 5.89. The molecule has 0 aliphatic carbocycles. The van der Waals surface area contributed by atoms with Gasteiger partial charge in [-0.1, -0.05) is 0 Å². The molecule has 2 aliphatic heterocycles. The standard InChI is InChI=1S/C23H27N3O4/c1-4-25-19-13-15(8-10-17(19)23(28)26-12-6-5-7-21(25)26)22(27)24-18-11-9-16(29-2)14-20(18)30-3/h8-11,13-14,21H,4-7,12H2,1-3H3,(H,24,27)/t21-/m0/s1. The van der Waals surface area contributed by atoms with Crippen LogP contribution >= 0.6 is 0 Å². The summed E-state index contributed by atoms with van der Waals surface area (Å²) in [6.07, 6.45) is 3.18. The Hall–Kier alpha value is -3.22. The van der Waals surface area contributed by atoms with Crippen molar-refractivity contribution >= 4 is 23.2 Å². The molecule has 2 heterocycles. The van der Waals surface area contributed by atoms with Crippen LogP contribution in [0.1, 0.15) is 46.9 Å². The molecule has 2 aliphatic rings. The second-order valence-electron chi connectivity index (χ2n) is 7.51. The van der Waals surface area contributed by atoms with Crippen LogP contribution in [-0.4, -0.2) is 50.2 Å². The molecule has 0 spiro atoms. The van der Waals surface area contributed by atoms with Crippen molar-refractivity contribution in [1.29, 1.82) is 0 Å². The van der Waals surface area contributed by atoms with E-state index >= 15 is 0 Å². The van der Waals surface area contributed by atoms with Crippen molar-refractivity contribution in [3.8, 4) is 11.5 Å². The Labute approximate surface area is 176 Å². The average molecular weight is 409 g/mol. The van der Waals surface area contributed by atoms with Crippen LogP contribution in [-0.2, 0) is 0 Å². The summed E-state index contributed by atoms with van der Waals surface area (Å²) >= 11 is 0. The number of methoxy groups -OCH3 is 2. The number of hydrogen-bond acceptors (Lipinski definition) is 5. The lowest BCUT2D eigenvalue weighted by Gasteiger charge is -2.47. The molecular weight excluding hydrogens is 382 g/mol. The molecule has 1 N–H and O–H groups in total. The van der Waals surface area contributed by atoms with Gasteiger partial charge in [0.1, 0.15) is 17.7 Å². The van der Waals surface area contributed by atoms with Crippen molar-refractivity contribution < 1.29 is 19.1 Å². The van der Waals surface area contributed by atoms with Crippen LogP contribution in [0.25, 0.3) is 0 Å². The SMILES string of the molecule is CCN1c2cc(C(=O)Nc3ccc(OC)cc3OC)ccc2C(=O)N2CCCC[C@H]21. The van der Waals surface area contributed by atoms with Gasteiger partial charge in [-0.05, 0) is 56.5 Å². The first kappa shape index (κ1) is 20.1. The van der Waals surface area contributed by atoms with Crippen molar-refractivity contribution in [2.45, 2.75) is 32.4 Å². The molecule has 2 aromatic rings. The topological polar surface area (TPSA) is 71.1 Å². The maximum absolute atomic E-state index is 13.0. The normalized spacial score (nSPS) is 17.8. The van der Waals surface area contributed by atoms with Gasteiger partial charge in [-0.3, -0.25) is 9.59 Å². The number of benzene rings is 2. The summed E-state index contributed by atoms with van der Waals surface area (Å²) < 4.78 is 10.6. The molecule has 1 fully saturated rings. The van der Waals surface area contributed by atoms with E-state index in [0.29, 0.717) is 28.3 Å². The van der Waals surface area contributed by atoms with Crippen molar-refractivity contribution in [2.24, 2.45) is 0 Å². The van der Waals surface area contributed by atoms with Crippen LogP contribution in [0.2, 0.25) is 0 Å². The fraction of sp³-hybridized carbons (Fsp3) is 0.391. The summed E-state index contributed by atoms with van der Waals surface area (Å²) in [4.78, 5) is 30.2. The van der Waals surface area contributed by atoms with Crippen LogP contribution in [0.4, 0.5) is 11.4 Å². The van der Waals surface area contributed by atoms with Crippen LogP contribution < -0.4 is 19.7 Å². The summed E-state index contributed by atoms with van der Waals surface area (Å²) in [6.45, 7) is 3.65. The number of fused-ring (bicyclic) bond motifs is 2. The summed E-state index contributed by atoms with van der Waals surface area (Å²) in [5.41, 5.74) is 2.55. The van der Waals surface area contributed by atoms with Gasteiger partial charge < -0.3 is 24.6 Å². The smallest absolute Gasteiger partial charge is 0.257 e. The molecule has 0 radical (unpaired) electrons. The highest BCUT2D eigenvalue weighted by Crippen LogP contribution is 2.36. The van der Waals surface area contributed by atoms with Crippen LogP contribution in [0.15, 0.2) is 36.4 Å². The highest BCUT2D eigenvalue weighted by Gasteiger charge is 2.38. The van der Waals surface area contributed by atoms with Gasteiger partial charge in [0.2, 0.25) is 0 Å². The maximum atomic E-state index is 13.0. The van der Waals surface area contributed by atoms with Gasteiger partial charge in [0, 0.05) is 24.7 Å². The molecule has 0 aromatic heterocycles. The molecular formula is C23H27N3O4. The van der Waals surface area contributed by atoms with Gasteiger partial charge in [-0.15, -0.1) is 0 Å². The number of rotatable bonds is 5. The van der Waals surface area contributed by atoms with Gasteiger partial charge in [-0.25, -0.2) is 0 Å². The van der Waals surface area contributed by atoms with E-state index in [1.54, 1.807) is 44.6 Å². The predicted octanol–water partition coefficient (Wildman–Crippen LogP) is 3.75. The number of nitrogens with zero attached hydrogens (tertiary/aromatic N) is 2. The van der Waals surface area contributed by atoms with Crippen molar-refractivity contribution in [3.05, 3.63) is 47.5 Å². The maximum Gasteiger partial charge on any atom is 0.257 e. The molecule has 7 nitrogen and oxygen atoms in total. The van der Waals surface area contributed by atoms with Gasteiger partial charge in [0.25, 0.3) is 11.8 Å². The fourth-order valence-electron chi connectivity index (χ4n) is 4.36. The zero-order valence-electron chi connectivity index (χ0n) is 17.6. The summed E-state index contributed by atoms with van der Waals surface area (Å²) in [6, 6.07) is 10.5. The van der Waals surface area contributed by atoms with Crippen molar-refractivity contribution in [1.82, 2.24) is 4.90 Å². The Kier molecular flexibility index (Phi) is 5.53. The lowest BCUT2D eigenvalue weighted by Crippen LogP contribution is -2.57. The van der Waals surface area contributed by atoms with Gasteiger partial charge >= 0.3 is 0 Å². The fourth-order valence-corrected chi connectivity index (χ4v) is 4.36. The van der Waals surface area contributed by atoms with Crippen molar-refractivity contribution in [2.75, 3.05) is 37.5 Å². The van der Waals surface area contributed by atoms with Crippen LogP contribution in [0, 0.1) is 0 Å². The second-order valence-corrected chi connectivity index (χ2v) is 7.51. The van der Waals surface area contributed by atoms with E-state index in [-0.39, 0.29) is 18.0 Å². The zero-order valence-corrected chi connectivity index (χ0v) is 17.6. The molecule has 2 aromatic carbocycles. The lowest BCUT2D eigenvalue weighted by molar-refractivity contribution is 0.0582. The average Bonchev–Trinajstić information content (AvgIpc) is 2.79. The Morgan fingerprint density at radius 2 is 1.97 bits per heavy atom. The number of carbonyl (C=O) groups is 2. The Bertz CT molecular complexity index is 975. The van der Waals surface area contributed by atoms with Crippen LogP contribution in [0.3, 0.4) is 0 Å². The molecule has 0 unspecified atom stereocenters. The minimum atomic E-state index is -0.254. The number of ether oxygens (including phenoxy) is 2. The van der Waals surface area contributed by atoms with E-state index in [0.717, 1.165) is 38.0 Å². The lowest BCUT2D eigenvalue weighted by atomic mass is 9.97. The first-order chi connectivity index (χ1) is 14.6. The molecule has 1 atom stereocenters. The van der Waals surface area contributed by atoms with E-state index in [2.05, 4.69) is 17.1 Å². The number of hydrogen-bond donors (Lipinski definition) is 1. The molecule has 1 saturated heterocycles. The quantitative estimate of drug-likeness (QED) is 0.814. The highest BCUT2D eigenvalue weighted by molar-refractivity contribution is 6.08. The van der Waals surface area contributed by atoms with E-state index in [1.165, 1.54) is 0 Å². The molecule has 30 heavy (non-hydrogen) atoms. The number of anilines is 2. The monoisotopic (exact) mass is 409 g/mol. The molecule has 7 heteroatoms. The number of amides is 2. The van der Waals surface area contributed by atoms with Gasteiger partial charge in [-0.2, -0.15) is 0 Å². The van der Waals surface area contributed by atoms with E-state index < -0.39 is 0 Å². The van der Waals surface area contributed by atoms with Crippen molar-refractivity contribution in [3.63, 3.8) is 0 Å². The minimum Gasteiger partial charge on any atom is -0.497 e. The zero-order chi connectivity index (χ0) is 21.3. The third-order valence-corrected chi connectivity index (χ3v) is 5.89. The Morgan fingerprint density at radius 1 is 1.13 bits per heavy atom. The summed E-state index contributed by atoms with van der Waals surface area (Å²) in [5, 5.41) is 2.90. The highest BCUT2D eigenvalue weighted by atomic mass is 16.5. The predicted molar refractivity (Wildman–Crippen MR) is 116 cm³/mol. The third kappa shape index (κ3) is 3.44. The molecule has 2 amide bonds. The Balaban J connectivity index is 1.64. The first-order valence-electron chi connectivity index (χ1n) is 10.3. The van der Waals surface area contributed by atoms with Crippen LogP contribution in [0.5, 0.6) is 11.5 Å². The number of carbonyl (C=O) groups excluding carboxylic acids is 2. The van der Waals surface area contributed by atoms with Gasteiger partial charge in [0.05, 0.1) is 31.2 Å². The largest absolute Gasteiger partial charge is 0.497 e. The number of nitrogens with one attached hydrogen (secondary N) is 1. The summed E-state index contributed by atoms with van der Waals surface area (Å²) in [5.74, 6) is 0.968. The summed E-state index contributed by atoms with van der Waals surface area (Å²) in [7, 11) is 3.12. The molecule has 4 rings (SSSR count). The second kappa shape index (κ2) is 8.26. The minimum absolute atomic E-state index is 0.0585. The first-order valence-corrected chi connectivity index (χ1v) is 10.3. The van der Waals surface area contributed by atoms with E-state index in [1.807, 2.05) is 11.0 Å². The van der Waals surface area contributed by atoms with E-state index in [9.17, 15) is 9.59 Å². The van der Waals surface area contributed by atoms with Gasteiger partial charge in [0.15, 0.2) is 0 Å². The Morgan fingerprint density at radius 3 is 2.70 bits per heavy atom.